The molecular weight excluding hydrogens is 344 g/mol. The summed E-state index contributed by atoms with van der Waals surface area (Å²) < 4.78 is 6.01. The molecule has 0 radical (unpaired) electrons. The lowest BCUT2D eigenvalue weighted by Gasteiger charge is -2.17. The second-order valence-electron chi connectivity index (χ2n) is 7.93. The molecule has 0 aliphatic carbocycles. The van der Waals surface area contributed by atoms with E-state index in [1.54, 1.807) is 0 Å². The molecule has 2 aromatic carbocycles. The van der Waals surface area contributed by atoms with Crippen LogP contribution in [0, 0.1) is 5.92 Å². The number of hydrogen-bond donors (Lipinski definition) is 1. The minimum Gasteiger partial charge on any atom is -0.493 e. The van der Waals surface area contributed by atoms with Gasteiger partial charge in [-0.25, -0.2) is 0 Å². The highest BCUT2D eigenvalue weighted by Gasteiger charge is 2.26. The minimum absolute atomic E-state index is 0.635. The van der Waals surface area contributed by atoms with Crippen LogP contribution in [0.3, 0.4) is 0 Å². The molecule has 4 rings (SSSR count). The van der Waals surface area contributed by atoms with Crippen molar-refractivity contribution in [1.82, 2.24) is 5.32 Å². The predicted octanol–water partition coefficient (Wildman–Crippen LogP) is 5.34. The van der Waals surface area contributed by atoms with Crippen molar-refractivity contribution in [2.24, 2.45) is 10.9 Å². The van der Waals surface area contributed by atoms with Crippen molar-refractivity contribution >= 4 is 5.71 Å². The molecule has 1 saturated heterocycles. The fourth-order valence-electron chi connectivity index (χ4n) is 4.35. The Morgan fingerprint density at radius 1 is 1.04 bits per heavy atom. The molecule has 0 saturated carbocycles. The van der Waals surface area contributed by atoms with E-state index in [-0.39, 0.29) is 0 Å². The van der Waals surface area contributed by atoms with Gasteiger partial charge in [0, 0.05) is 31.0 Å². The first-order valence-corrected chi connectivity index (χ1v) is 10.5. The Labute approximate surface area is 168 Å². The van der Waals surface area contributed by atoms with Crippen LogP contribution < -0.4 is 10.1 Å². The van der Waals surface area contributed by atoms with Crippen LogP contribution in [0.1, 0.15) is 50.2 Å². The van der Waals surface area contributed by atoms with Crippen molar-refractivity contribution in [3.63, 3.8) is 0 Å². The van der Waals surface area contributed by atoms with E-state index in [2.05, 4.69) is 67.7 Å². The van der Waals surface area contributed by atoms with Crippen LogP contribution >= 0.6 is 0 Å². The Kier molecular flexibility index (Phi) is 5.92. The van der Waals surface area contributed by atoms with Gasteiger partial charge in [-0.15, -0.1) is 0 Å². The standard InChI is InChI=1S/C25H30N2O/c1-3-19-16-26-17-23(19)20-9-11-22(12-10-20)28-14-13-24-18(2)15-25(27-24)21-7-5-4-6-8-21/h4-12,19,23,26H,3,13-17H2,1-2H3. The Hall–Kier alpha value is -2.39. The van der Waals surface area contributed by atoms with E-state index >= 15 is 0 Å². The summed E-state index contributed by atoms with van der Waals surface area (Å²) >= 11 is 0. The Bertz CT molecular complexity index is 852. The van der Waals surface area contributed by atoms with Crippen LogP contribution in [0.2, 0.25) is 0 Å². The fourth-order valence-corrected chi connectivity index (χ4v) is 4.35. The molecule has 2 aromatic rings. The van der Waals surface area contributed by atoms with Crippen molar-refractivity contribution in [3.05, 3.63) is 77.0 Å². The number of hydrogen-bond acceptors (Lipinski definition) is 3. The van der Waals surface area contributed by atoms with E-state index < -0.39 is 0 Å². The van der Waals surface area contributed by atoms with Gasteiger partial charge in [-0.1, -0.05) is 55.8 Å². The molecule has 146 valence electrons. The number of nitrogens with one attached hydrogen (secondary N) is 1. The average Bonchev–Trinajstić information content (AvgIpc) is 3.36. The van der Waals surface area contributed by atoms with Gasteiger partial charge >= 0.3 is 0 Å². The molecule has 2 aliphatic rings. The topological polar surface area (TPSA) is 33.6 Å². The van der Waals surface area contributed by atoms with Gasteiger partial charge in [0.05, 0.1) is 12.3 Å². The molecule has 28 heavy (non-hydrogen) atoms. The van der Waals surface area contributed by atoms with Crippen LogP contribution in [0.15, 0.2) is 70.9 Å². The van der Waals surface area contributed by atoms with Crippen molar-refractivity contribution in [1.29, 1.82) is 0 Å². The maximum atomic E-state index is 6.01. The zero-order valence-electron chi connectivity index (χ0n) is 16.9. The summed E-state index contributed by atoms with van der Waals surface area (Å²) in [5.74, 6) is 2.34. The number of nitrogens with zero attached hydrogens (tertiary/aromatic N) is 1. The van der Waals surface area contributed by atoms with E-state index in [1.807, 2.05) is 6.07 Å². The number of allylic oxidation sites excluding steroid dienone is 1. The van der Waals surface area contributed by atoms with Gasteiger partial charge in [-0.3, -0.25) is 4.99 Å². The van der Waals surface area contributed by atoms with Gasteiger partial charge in [0.15, 0.2) is 0 Å². The summed E-state index contributed by atoms with van der Waals surface area (Å²) in [5, 5.41) is 3.52. The van der Waals surface area contributed by atoms with Gasteiger partial charge in [0.25, 0.3) is 0 Å². The molecule has 2 heterocycles. The van der Waals surface area contributed by atoms with Crippen molar-refractivity contribution in [3.8, 4) is 5.75 Å². The number of aliphatic imine (C=N–C) groups is 1. The quantitative estimate of drug-likeness (QED) is 0.710. The molecule has 1 fully saturated rings. The second-order valence-corrected chi connectivity index (χ2v) is 7.93. The van der Waals surface area contributed by atoms with E-state index in [4.69, 9.17) is 9.73 Å². The summed E-state index contributed by atoms with van der Waals surface area (Å²) in [6, 6.07) is 19.2. The van der Waals surface area contributed by atoms with Crippen molar-refractivity contribution < 1.29 is 4.74 Å². The molecule has 0 spiro atoms. The summed E-state index contributed by atoms with van der Waals surface area (Å²) in [6.07, 6.45) is 3.03. The summed E-state index contributed by atoms with van der Waals surface area (Å²) in [7, 11) is 0. The van der Waals surface area contributed by atoms with Crippen LogP contribution in [0.5, 0.6) is 5.75 Å². The van der Waals surface area contributed by atoms with E-state index in [0.29, 0.717) is 12.5 Å². The highest BCUT2D eigenvalue weighted by molar-refractivity contribution is 6.04. The normalized spacial score (nSPS) is 21.9. The van der Waals surface area contributed by atoms with Gasteiger partial charge in [0.2, 0.25) is 0 Å². The molecular formula is C25H30N2O. The monoisotopic (exact) mass is 374 g/mol. The van der Waals surface area contributed by atoms with Crippen molar-refractivity contribution in [2.75, 3.05) is 19.7 Å². The highest BCUT2D eigenvalue weighted by atomic mass is 16.5. The molecule has 0 aromatic heterocycles. The first kappa shape index (κ1) is 18.9. The summed E-state index contributed by atoms with van der Waals surface area (Å²) in [5.41, 5.74) is 6.36. The third kappa shape index (κ3) is 4.20. The van der Waals surface area contributed by atoms with E-state index in [9.17, 15) is 0 Å². The molecule has 1 N–H and O–H groups in total. The zero-order valence-corrected chi connectivity index (χ0v) is 16.9. The lowest BCUT2D eigenvalue weighted by Crippen LogP contribution is -2.09. The lowest BCUT2D eigenvalue weighted by atomic mass is 9.87. The molecule has 3 nitrogen and oxygen atoms in total. The van der Waals surface area contributed by atoms with Gasteiger partial charge < -0.3 is 10.1 Å². The lowest BCUT2D eigenvalue weighted by molar-refractivity contribution is 0.320. The average molecular weight is 375 g/mol. The largest absolute Gasteiger partial charge is 0.493 e. The third-order valence-corrected chi connectivity index (χ3v) is 6.08. The predicted molar refractivity (Wildman–Crippen MR) is 116 cm³/mol. The molecule has 0 bridgehead atoms. The fraction of sp³-hybridized carbons (Fsp3) is 0.400. The van der Waals surface area contributed by atoms with Crippen LogP contribution in [-0.4, -0.2) is 25.4 Å². The van der Waals surface area contributed by atoms with E-state index in [1.165, 1.54) is 34.5 Å². The molecule has 2 unspecified atom stereocenters. The SMILES string of the molecule is CCC1CNCC1c1ccc(OCCC2=C(C)CC(c3ccccc3)=N2)cc1. The van der Waals surface area contributed by atoms with Gasteiger partial charge in [0.1, 0.15) is 5.75 Å². The number of benzene rings is 2. The highest BCUT2D eigenvalue weighted by Crippen LogP contribution is 2.31. The Morgan fingerprint density at radius 2 is 1.82 bits per heavy atom. The summed E-state index contributed by atoms with van der Waals surface area (Å²) in [4.78, 5) is 4.86. The maximum Gasteiger partial charge on any atom is 0.119 e. The Morgan fingerprint density at radius 3 is 2.57 bits per heavy atom. The smallest absolute Gasteiger partial charge is 0.119 e. The van der Waals surface area contributed by atoms with Crippen molar-refractivity contribution in [2.45, 2.75) is 39.0 Å². The van der Waals surface area contributed by atoms with Crippen LogP contribution in [0.25, 0.3) is 0 Å². The van der Waals surface area contributed by atoms with E-state index in [0.717, 1.165) is 37.6 Å². The first-order chi connectivity index (χ1) is 13.7. The number of ether oxygens (including phenoxy) is 1. The Balaban J connectivity index is 1.31. The van der Waals surface area contributed by atoms with Gasteiger partial charge in [-0.2, -0.15) is 0 Å². The summed E-state index contributed by atoms with van der Waals surface area (Å²) in [6.45, 7) is 7.37. The molecule has 2 atom stereocenters. The first-order valence-electron chi connectivity index (χ1n) is 10.5. The minimum atomic E-state index is 0.635. The maximum absolute atomic E-state index is 6.01. The van der Waals surface area contributed by atoms with Crippen LogP contribution in [0.4, 0.5) is 0 Å². The van der Waals surface area contributed by atoms with Crippen LogP contribution in [-0.2, 0) is 0 Å². The molecule has 3 heteroatoms. The molecule has 0 amide bonds. The number of rotatable bonds is 7. The third-order valence-electron chi connectivity index (χ3n) is 6.08. The van der Waals surface area contributed by atoms with Gasteiger partial charge in [-0.05, 0) is 48.2 Å². The molecule has 2 aliphatic heterocycles. The zero-order chi connectivity index (χ0) is 19.3. The second kappa shape index (κ2) is 8.74.